The monoisotopic (exact) mass is 263 g/mol. The third-order valence-corrected chi connectivity index (χ3v) is 2.64. The van der Waals surface area contributed by atoms with Crippen LogP contribution in [0.3, 0.4) is 0 Å². The number of hydrogen-bond acceptors (Lipinski definition) is 2. The van der Waals surface area contributed by atoms with Gasteiger partial charge in [-0.25, -0.2) is 0 Å². The summed E-state index contributed by atoms with van der Waals surface area (Å²) < 4.78 is 5.42. The van der Waals surface area contributed by atoms with Gasteiger partial charge in [0.15, 0.2) is 0 Å². The van der Waals surface area contributed by atoms with Crippen LogP contribution in [0.25, 0.3) is 6.08 Å². The molecule has 0 saturated carbocycles. The zero-order valence-electron chi connectivity index (χ0n) is 10.2. The fourth-order valence-corrected chi connectivity index (χ4v) is 1.80. The molecule has 18 heavy (non-hydrogen) atoms. The van der Waals surface area contributed by atoms with Gasteiger partial charge < -0.3 is 10.1 Å². The Morgan fingerprint density at radius 2 is 2.17 bits per heavy atom. The normalized spacial score (nSPS) is 13.4. The highest BCUT2D eigenvalue weighted by Crippen LogP contribution is 2.27. The van der Waals surface area contributed by atoms with E-state index in [-0.39, 0.29) is 11.9 Å². The number of fused-ring (bicyclic) bond motifs is 1. The lowest BCUT2D eigenvalue weighted by Crippen LogP contribution is -2.30. The number of amides is 1. The lowest BCUT2D eigenvalue weighted by Gasteiger charge is -2.08. The smallest absolute Gasteiger partial charge is 0.251 e. The van der Waals surface area contributed by atoms with E-state index in [9.17, 15) is 4.79 Å². The van der Waals surface area contributed by atoms with E-state index in [4.69, 9.17) is 16.3 Å². The second-order valence-corrected chi connectivity index (χ2v) is 4.77. The quantitative estimate of drug-likeness (QED) is 0.890. The Bertz CT molecular complexity index is 533. The van der Waals surface area contributed by atoms with Gasteiger partial charge in [0.1, 0.15) is 5.75 Å². The molecule has 4 heteroatoms. The Balaban J connectivity index is 2.35. The molecule has 0 aliphatic carbocycles. The molecule has 1 amide bonds. The molecule has 0 bridgehead atoms. The summed E-state index contributed by atoms with van der Waals surface area (Å²) >= 11 is 5.94. The van der Waals surface area contributed by atoms with Crippen LogP contribution < -0.4 is 10.1 Å². The molecule has 3 nitrogen and oxygen atoms in total. The predicted molar refractivity (Wildman–Crippen MR) is 72.5 cm³/mol. The first-order valence-electron chi connectivity index (χ1n) is 5.71. The molecule has 1 N–H and O–H groups in total. The molecule has 0 fully saturated rings. The average Bonchev–Trinajstić information content (AvgIpc) is 2.49. The van der Waals surface area contributed by atoms with E-state index >= 15 is 0 Å². The van der Waals surface area contributed by atoms with Crippen molar-refractivity contribution in [3.05, 3.63) is 46.7 Å². The Morgan fingerprint density at radius 1 is 1.39 bits per heavy atom. The van der Waals surface area contributed by atoms with Gasteiger partial charge in [0.25, 0.3) is 5.91 Å². The van der Waals surface area contributed by atoms with Crippen LogP contribution >= 0.6 is 11.6 Å². The predicted octanol–water partition coefficient (Wildman–Crippen LogP) is 3.15. The highest BCUT2D eigenvalue weighted by Gasteiger charge is 2.12. The fraction of sp³-hybridized carbons (Fsp3) is 0.214. The summed E-state index contributed by atoms with van der Waals surface area (Å²) in [6, 6.07) is 5.39. The van der Waals surface area contributed by atoms with Crippen LogP contribution in [0.2, 0.25) is 5.02 Å². The number of carbonyl (C=O) groups is 1. The van der Waals surface area contributed by atoms with E-state index in [0.29, 0.717) is 16.3 Å². The fourth-order valence-electron chi connectivity index (χ4n) is 1.62. The number of carbonyl (C=O) groups excluding carboxylic acids is 1. The first kappa shape index (κ1) is 12.7. The van der Waals surface area contributed by atoms with Crippen molar-refractivity contribution >= 4 is 23.6 Å². The summed E-state index contributed by atoms with van der Waals surface area (Å²) in [5.74, 6) is 0.556. The minimum atomic E-state index is -0.127. The van der Waals surface area contributed by atoms with Gasteiger partial charge in [0, 0.05) is 22.2 Å². The van der Waals surface area contributed by atoms with Crippen LogP contribution in [-0.2, 0) is 4.79 Å². The highest BCUT2D eigenvalue weighted by molar-refractivity contribution is 6.30. The van der Waals surface area contributed by atoms with Gasteiger partial charge >= 0.3 is 0 Å². The number of rotatable bonds is 2. The second-order valence-electron chi connectivity index (χ2n) is 4.33. The van der Waals surface area contributed by atoms with Crippen molar-refractivity contribution in [2.45, 2.75) is 19.9 Å². The number of halogens is 1. The lowest BCUT2D eigenvalue weighted by molar-refractivity contribution is -0.117. The Labute approximate surface area is 111 Å². The van der Waals surface area contributed by atoms with E-state index < -0.39 is 0 Å². The highest BCUT2D eigenvalue weighted by atomic mass is 35.5. The van der Waals surface area contributed by atoms with Gasteiger partial charge in [-0.1, -0.05) is 11.6 Å². The topological polar surface area (TPSA) is 38.3 Å². The molecule has 0 unspecified atom stereocenters. The summed E-state index contributed by atoms with van der Waals surface area (Å²) in [5.41, 5.74) is 1.34. The molecular weight excluding hydrogens is 250 g/mol. The van der Waals surface area contributed by atoms with Crippen LogP contribution in [0.5, 0.6) is 5.75 Å². The zero-order valence-corrected chi connectivity index (χ0v) is 11.0. The van der Waals surface area contributed by atoms with Crippen LogP contribution in [0.15, 0.2) is 36.1 Å². The van der Waals surface area contributed by atoms with Crippen molar-refractivity contribution in [3.63, 3.8) is 0 Å². The zero-order chi connectivity index (χ0) is 13.1. The van der Waals surface area contributed by atoms with Crippen LogP contribution in [-0.4, -0.2) is 11.9 Å². The van der Waals surface area contributed by atoms with E-state index in [2.05, 4.69) is 5.32 Å². The van der Waals surface area contributed by atoms with E-state index in [1.807, 2.05) is 13.8 Å². The largest absolute Gasteiger partial charge is 0.464 e. The van der Waals surface area contributed by atoms with Crippen LogP contribution in [0, 0.1) is 0 Å². The summed E-state index contributed by atoms with van der Waals surface area (Å²) in [6.07, 6.45) is 4.92. The summed E-state index contributed by atoms with van der Waals surface area (Å²) in [5, 5.41) is 3.45. The SMILES string of the molecule is CC(C)NC(=O)C1=Cc2cc(Cl)ccc2OC=C1. The molecule has 0 saturated heterocycles. The second kappa shape index (κ2) is 5.27. The Morgan fingerprint density at radius 3 is 2.89 bits per heavy atom. The number of ether oxygens (including phenoxy) is 1. The lowest BCUT2D eigenvalue weighted by atomic mass is 10.1. The standard InChI is InChI=1S/C14H14ClNO2/c1-9(2)16-14(17)10-5-6-18-13-4-3-12(15)8-11(13)7-10/h3-9H,1-2H3,(H,16,17). The van der Waals surface area contributed by atoms with Crippen molar-refractivity contribution < 1.29 is 9.53 Å². The van der Waals surface area contributed by atoms with E-state index in [1.54, 1.807) is 30.4 Å². The Kier molecular flexibility index (Phi) is 3.72. The van der Waals surface area contributed by atoms with Crippen LogP contribution in [0.1, 0.15) is 19.4 Å². The molecule has 0 atom stereocenters. The van der Waals surface area contributed by atoms with Crippen molar-refractivity contribution in [2.75, 3.05) is 0 Å². The first-order chi connectivity index (χ1) is 8.56. The van der Waals surface area contributed by atoms with Crippen molar-refractivity contribution in [2.24, 2.45) is 0 Å². The van der Waals surface area contributed by atoms with Gasteiger partial charge in [0.05, 0.1) is 6.26 Å². The average molecular weight is 264 g/mol. The van der Waals surface area contributed by atoms with Gasteiger partial charge in [-0.3, -0.25) is 4.79 Å². The van der Waals surface area contributed by atoms with Crippen molar-refractivity contribution in [1.82, 2.24) is 5.32 Å². The van der Waals surface area contributed by atoms with E-state index in [0.717, 1.165) is 5.56 Å². The van der Waals surface area contributed by atoms with Crippen molar-refractivity contribution in [1.29, 1.82) is 0 Å². The van der Waals surface area contributed by atoms with Gasteiger partial charge in [-0.15, -0.1) is 0 Å². The van der Waals surface area contributed by atoms with Crippen molar-refractivity contribution in [3.8, 4) is 5.75 Å². The third kappa shape index (κ3) is 2.93. The molecule has 1 heterocycles. The molecule has 1 aromatic carbocycles. The minimum absolute atomic E-state index is 0.0924. The molecule has 94 valence electrons. The van der Waals surface area contributed by atoms with Gasteiger partial charge in [0.2, 0.25) is 0 Å². The maximum absolute atomic E-state index is 11.9. The molecule has 0 aromatic heterocycles. The number of nitrogens with one attached hydrogen (secondary N) is 1. The first-order valence-corrected chi connectivity index (χ1v) is 6.09. The summed E-state index contributed by atoms with van der Waals surface area (Å²) in [7, 11) is 0. The summed E-state index contributed by atoms with van der Waals surface area (Å²) in [6.45, 7) is 3.83. The maximum atomic E-state index is 11.9. The molecule has 1 aliphatic rings. The van der Waals surface area contributed by atoms with Crippen LogP contribution in [0.4, 0.5) is 0 Å². The number of benzene rings is 1. The molecular formula is C14H14ClNO2. The third-order valence-electron chi connectivity index (χ3n) is 2.41. The summed E-state index contributed by atoms with van der Waals surface area (Å²) in [4.78, 5) is 11.9. The van der Waals surface area contributed by atoms with Gasteiger partial charge in [-0.2, -0.15) is 0 Å². The molecule has 0 spiro atoms. The molecule has 0 radical (unpaired) electrons. The van der Waals surface area contributed by atoms with E-state index in [1.165, 1.54) is 6.26 Å². The molecule has 1 aliphatic heterocycles. The number of hydrogen-bond donors (Lipinski definition) is 1. The Hall–Kier alpha value is -1.74. The molecule has 1 aromatic rings. The van der Waals surface area contributed by atoms with Gasteiger partial charge in [-0.05, 0) is 44.2 Å². The molecule has 2 rings (SSSR count). The maximum Gasteiger partial charge on any atom is 0.251 e. The minimum Gasteiger partial charge on any atom is -0.464 e.